The van der Waals surface area contributed by atoms with Crippen LogP contribution in [0.25, 0.3) is 11.0 Å². The van der Waals surface area contributed by atoms with E-state index in [0.29, 0.717) is 24.0 Å². The number of nitrogens with one attached hydrogen (secondary N) is 2. The van der Waals surface area contributed by atoms with Gasteiger partial charge in [-0.05, 0) is 49.6 Å². The summed E-state index contributed by atoms with van der Waals surface area (Å²) in [6, 6.07) is 15.8. The van der Waals surface area contributed by atoms with Crippen molar-refractivity contribution >= 4 is 40.1 Å². The highest BCUT2D eigenvalue weighted by Crippen LogP contribution is 2.25. The molecular formula is C26H25ClN6O4. The lowest BCUT2D eigenvalue weighted by atomic mass is 10.1. The standard InChI is InChI=1S/C26H25ClN6O4/c1-15-18-14-19(24(35)31-22(18)32-26(29-15)37-2)23(34)30-21-13-17(10-11-20(21)27)25(36)33(28)12-6-9-16-7-4-3-5-8-16/h3-5,7-8,10-11,13-14H,6,9,12,28H2,1-2H3,(H,30,34)(H,29,31,32,35). The third-order valence-corrected chi connectivity index (χ3v) is 6.07. The molecule has 4 aromatic rings. The average molecular weight is 521 g/mol. The zero-order valence-electron chi connectivity index (χ0n) is 20.2. The number of amides is 2. The van der Waals surface area contributed by atoms with Gasteiger partial charge in [-0.2, -0.15) is 9.97 Å². The Bertz CT molecular complexity index is 1520. The topological polar surface area (TPSA) is 143 Å². The van der Waals surface area contributed by atoms with Gasteiger partial charge in [0.2, 0.25) is 0 Å². The molecule has 0 saturated heterocycles. The van der Waals surface area contributed by atoms with Crippen molar-refractivity contribution in [2.75, 3.05) is 19.0 Å². The maximum atomic E-state index is 13.0. The zero-order valence-corrected chi connectivity index (χ0v) is 21.0. The smallest absolute Gasteiger partial charge is 0.318 e. The van der Waals surface area contributed by atoms with Crippen LogP contribution in [0, 0.1) is 6.92 Å². The molecule has 37 heavy (non-hydrogen) atoms. The van der Waals surface area contributed by atoms with Gasteiger partial charge in [0.25, 0.3) is 17.4 Å². The molecule has 190 valence electrons. The fraction of sp³-hybridized carbons (Fsp3) is 0.192. The Balaban J connectivity index is 1.49. The van der Waals surface area contributed by atoms with Crippen molar-refractivity contribution in [3.05, 3.63) is 92.4 Å². The van der Waals surface area contributed by atoms with E-state index in [1.165, 1.54) is 31.4 Å². The lowest BCUT2D eigenvalue weighted by molar-refractivity contribution is 0.0753. The van der Waals surface area contributed by atoms with Crippen LogP contribution in [0.4, 0.5) is 5.69 Å². The summed E-state index contributed by atoms with van der Waals surface area (Å²) in [5, 5.41) is 4.41. The number of anilines is 1. The number of halogens is 1. The van der Waals surface area contributed by atoms with Gasteiger partial charge < -0.3 is 15.0 Å². The molecule has 2 heterocycles. The molecule has 0 fully saturated rings. The summed E-state index contributed by atoms with van der Waals surface area (Å²) in [4.78, 5) is 49.3. The van der Waals surface area contributed by atoms with Crippen molar-refractivity contribution in [1.82, 2.24) is 20.0 Å². The number of hydrazine groups is 1. The quantitative estimate of drug-likeness (QED) is 0.183. The number of pyridine rings is 1. The summed E-state index contributed by atoms with van der Waals surface area (Å²) < 4.78 is 5.02. The first-order valence-electron chi connectivity index (χ1n) is 11.4. The van der Waals surface area contributed by atoms with Crippen LogP contribution >= 0.6 is 11.6 Å². The number of ether oxygens (including phenoxy) is 1. The van der Waals surface area contributed by atoms with Gasteiger partial charge in [-0.25, -0.2) is 5.84 Å². The van der Waals surface area contributed by atoms with E-state index in [9.17, 15) is 14.4 Å². The molecule has 0 aliphatic rings. The molecule has 0 spiro atoms. The fourth-order valence-corrected chi connectivity index (χ4v) is 3.94. The van der Waals surface area contributed by atoms with Crippen molar-refractivity contribution in [2.45, 2.75) is 19.8 Å². The number of aryl methyl sites for hydroxylation is 2. The number of aromatic amines is 1. The number of hydrogen-bond donors (Lipinski definition) is 3. The average Bonchev–Trinajstić information content (AvgIpc) is 2.89. The summed E-state index contributed by atoms with van der Waals surface area (Å²) in [6.45, 7) is 2.05. The second-order valence-corrected chi connectivity index (χ2v) is 8.71. The minimum Gasteiger partial charge on any atom is -0.467 e. The number of H-pyrrole nitrogens is 1. The molecule has 0 bridgehead atoms. The van der Waals surface area contributed by atoms with Crippen LogP contribution < -0.4 is 21.5 Å². The number of carbonyl (C=O) groups is 2. The second kappa shape index (κ2) is 11.2. The first-order chi connectivity index (χ1) is 17.8. The van der Waals surface area contributed by atoms with Crippen molar-refractivity contribution in [2.24, 2.45) is 5.84 Å². The number of rotatable bonds is 8. The summed E-state index contributed by atoms with van der Waals surface area (Å²) in [5.41, 5.74) is 1.51. The van der Waals surface area contributed by atoms with Gasteiger partial charge in [-0.15, -0.1) is 0 Å². The van der Waals surface area contributed by atoms with Gasteiger partial charge in [0.15, 0.2) is 0 Å². The molecule has 11 heteroatoms. The van der Waals surface area contributed by atoms with Crippen LogP contribution in [0.15, 0.2) is 59.4 Å². The Morgan fingerprint density at radius 2 is 1.89 bits per heavy atom. The molecule has 4 rings (SSSR count). The molecule has 0 unspecified atom stereocenters. The number of nitrogens with two attached hydrogens (primary N) is 1. The van der Waals surface area contributed by atoms with Crippen molar-refractivity contribution in [3.63, 3.8) is 0 Å². The lowest BCUT2D eigenvalue weighted by Gasteiger charge is -2.17. The third-order valence-electron chi connectivity index (χ3n) is 5.74. The van der Waals surface area contributed by atoms with E-state index in [1.807, 2.05) is 30.3 Å². The van der Waals surface area contributed by atoms with Gasteiger partial charge in [0.1, 0.15) is 11.2 Å². The van der Waals surface area contributed by atoms with Crippen molar-refractivity contribution in [3.8, 4) is 6.01 Å². The zero-order chi connectivity index (χ0) is 26.5. The maximum Gasteiger partial charge on any atom is 0.318 e. The molecule has 2 amide bonds. The van der Waals surface area contributed by atoms with E-state index >= 15 is 0 Å². The van der Waals surface area contributed by atoms with Crippen LogP contribution in [0.2, 0.25) is 5.02 Å². The highest BCUT2D eigenvalue weighted by atomic mass is 35.5. The number of fused-ring (bicyclic) bond motifs is 1. The Kier molecular flexibility index (Phi) is 7.80. The minimum atomic E-state index is -0.711. The Morgan fingerprint density at radius 1 is 1.14 bits per heavy atom. The molecule has 2 aromatic carbocycles. The SMILES string of the molecule is COc1nc(C)c2cc(C(=O)Nc3cc(C(=O)N(N)CCCc4ccccc4)ccc3Cl)c(=O)[nH]c2n1. The maximum absolute atomic E-state index is 13.0. The lowest BCUT2D eigenvalue weighted by Crippen LogP contribution is -2.38. The molecule has 10 nitrogen and oxygen atoms in total. The highest BCUT2D eigenvalue weighted by Gasteiger charge is 2.18. The number of methoxy groups -OCH3 is 1. The molecule has 0 aliphatic heterocycles. The second-order valence-electron chi connectivity index (χ2n) is 8.31. The summed E-state index contributed by atoms with van der Waals surface area (Å²) in [7, 11) is 1.41. The van der Waals surface area contributed by atoms with Crippen LogP contribution in [-0.2, 0) is 6.42 Å². The largest absolute Gasteiger partial charge is 0.467 e. The summed E-state index contributed by atoms with van der Waals surface area (Å²) >= 11 is 6.27. The van der Waals surface area contributed by atoms with Crippen LogP contribution in [0.1, 0.15) is 38.4 Å². The minimum absolute atomic E-state index is 0.0973. The monoisotopic (exact) mass is 520 g/mol. The van der Waals surface area contributed by atoms with Crippen molar-refractivity contribution < 1.29 is 14.3 Å². The molecule has 0 radical (unpaired) electrons. The van der Waals surface area contributed by atoms with Crippen LogP contribution in [0.3, 0.4) is 0 Å². The molecule has 0 atom stereocenters. The molecule has 0 aliphatic carbocycles. The van der Waals surface area contributed by atoms with Gasteiger partial charge >= 0.3 is 6.01 Å². The molecule has 4 N–H and O–H groups in total. The van der Waals surface area contributed by atoms with E-state index in [-0.39, 0.29) is 33.5 Å². The van der Waals surface area contributed by atoms with Gasteiger partial charge in [0.05, 0.1) is 23.5 Å². The number of benzene rings is 2. The number of aromatic nitrogens is 3. The highest BCUT2D eigenvalue weighted by molar-refractivity contribution is 6.34. The van der Waals surface area contributed by atoms with E-state index in [1.54, 1.807) is 6.92 Å². The molecular weight excluding hydrogens is 496 g/mol. The Morgan fingerprint density at radius 3 is 2.62 bits per heavy atom. The number of hydrogen-bond acceptors (Lipinski definition) is 7. The third kappa shape index (κ3) is 5.93. The fourth-order valence-electron chi connectivity index (χ4n) is 3.78. The van der Waals surface area contributed by atoms with Crippen molar-refractivity contribution in [1.29, 1.82) is 0 Å². The molecule has 2 aromatic heterocycles. The van der Waals surface area contributed by atoms with E-state index in [4.69, 9.17) is 22.2 Å². The van der Waals surface area contributed by atoms with E-state index in [2.05, 4.69) is 20.3 Å². The molecule has 0 saturated carbocycles. The Labute approximate surface area is 217 Å². The van der Waals surface area contributed by atoms with Gasteiger partial charge in [0, 0.05) is 17.5 Å². The summed E-state index contributed by atoms with van der Waals surface area (Å²) in [6.07, 6.45) is 1.46. The van der Waals surface area contributed by atoms with Crippen LogP contribution in [-0.4, -0.2) is 45.4 Å². The van der Waals surface area contributed by atoms with Crippen LogP contribution in [0.5, 0.6) is 6.01 Å². The predicted molar refractivity (Wildman–Crippen MR) is 141 cm³/mol. The summed E-state index contributed by atoms with van der Waals surface area (Å²) in [5.74, 6) is 4.86. The van der Waals surface area contributed by atoms with E-state index < -0.39 is 17.4 Å². The Hall–Kier alpha value is -4.28. The first-order valence-corrected chi connectivity index (χ1v) is 11.8. The van der Waals surface area contributed by atoms with Gasteiger partial charge in [-0.1, -0.05) is 41.9 Å². The number of carbonyl (C=O) groups excluding carboxylic acids is 2. The normalized spacial score (nSPS) is 10.8. The first kappa shape index (κ1) is 25.8. The predicted octanol–water partition coefficient (Wildman–Crippen LogP) is 3.49. The van der Waals surface area contributed by atoms with Gasteiger partial charge in [-0.3, -0.25) is 19.4 Å². The van der Waals surface area contributed by atoms with E-state index in [0.717, 1.165) is 17.0 Å². The number of nitrogens with zero attached hydrogens (tertiary/aromatic N) is 3.